The van der Waals surface area contributed by atoms with E-state index in [-0.39, 0.29) is 16.9 Å². The van der Waals surface area contributed by atoms with E-state index in [1.165, 1.54) is 15.9 Å². The molecular weight excluding hydrogens is 379 g/mol. The van der Waals surface area contributed by atoms with Gasteiger partial charge < -0.3 is 5.32 Å². The highest BCUT2D eigenvalue weighted by Gasteiger charge is 2.44. The Morgan fingerprint density at radius 3 is 2.39 bits per heavy atom. The van der Waals surface area contributed by atoms with Crippen molar-refractivity contribution >= 4 is 15.9 Å². The minimum absolute atomic E-state index is 0.0542. The summed E-state index contributed by atoms with van der Waals surface area (Å²) in [6.45, 7) is 1.25. The second kappa shape index (κ2) is 7.29. The second-order valence-electron chi connectivity index (χ2n) is 7.59. The monoisotopic (exact) mass is 402 g/mol. The average Bonchev–Trinajstić information content (AvgIpc) is 3.28. The molecule has 1 saturated carbocycles. The molecule has 1 aliphatic heterocycles. The van der Waals surface area contributed by atoms with E-state index < -0.39 is 20.7 Å². The van der Waals surface area contributed by atoms with Crippen LogP contribution in [-0.4, -0.2) is 38.3 Å². The highest BCUT2D eigenvalue weighted by molar-refractivity contribution is 7.89. The maximum absolute atomic E-state index is 14.3. The molecule has 0 bridgehead atoms. The molecule has 2 fully saturated rings. The third-order valence-corrected chi connectivity index (χ3v) is 7.62. The molecule has 1 aliphatic carbocycles. The minimum atomic E-state index is -3.92. The van der Waals surface area contributed by atoms with Gasteiger partial charge in [-0.05, 0) is 49.4 Å². The van der Waals surface area contributed by atoms with Crippen LogP contribution in [0.4, 0.5) is 4.39 Å². The summed E-state index contributed by atoms with van der Waals surface area (Å²) in [6.07, 6.45) is 3.52. The summed E-state index contributed by atoms with van der Waals surface area (Å²) in [4.78, 5) is 12.2. The summed E-state index contributed by atoms with van der Waals surface area (Å²) >= 11 is 0. The SMILES string of the molecule is O=C(NCC1(c2ccccc2)CC1)c1ccc(F)c(S(=O)(=O)N2CCCC2)c1. The molecule has 5 nitrogen and oxygen atoms in total. The average molecular weight is 402 g/mol. The van der Waals surface area contributed by atoms with Crippen molar-refractivity contribution < 1.29 is 17.6 Å². The molecule has 1 saturated heterocycles. The van der Waals surface area contributed by atoms with E-state index in [0.29, 0.717) is 19.6 Å². The number of hydrogen-bond acceptors (Lipinski definition) is 3. The normalized spacial score (nSPS) is 18.8. The van der Waals surface area contributed by atoms with Crippen molar-refractivity contribution in [3.63, 3.8) is 0 Å². The number of carbonyl (C=O) groups is 1. The van der Waals surface area contributed by atoms with Gasteiger partial charge in [0.05, 0.1) is 0 Å². The Kier molecular flexibility index (Phi) is 4.97. The molecule has 148 valence electrons. The molecule has 0 spiro atoms. The molecule has 1 amide bonds. The van der Waals surface area contributed by atoms with Crippen LogP contribution >= 0.6 is 0 Å². The zero-order valence-electron chi connectivity index (χ0n) is 15.5. The van der Waals surface area contributed by atoms with Crippen molar-refractivity contribution in [1.29, 1.82) is 0 Å². The van der Waals surface area contributed by atoms with Gasteiger partial charge in [0.2, 0.25) is 10.0 Å². The number of hydrogen-bond donors (Lipinski definition) is 1. The lowest BCUT2D eigenvalue weighted by Crippen LogP contribution is -2.33. The van der Waals surface area contributed by atoms with Crippen LogP contribution in [0.2, 0.25) is 0 Å². The summed E-state index contributed by atoms with van der Waals surface area (Å²) < 4.78 is 40.9. The lowest BCUT2D eigenvalue weighted by molar-refractivity contribution is 0.0949. The van der Waals surface area contributed by atoms with Crippen LogP contribution in [-0.2, 0) is 15.4 Å². The van der Waals surface area contributed by atoms with Gasteiger partial charge in [0.25, 0.3) is 5.91 Å². The standard InChI is InChI=1S/C21H23FN2O3S/c22-18-9-8-16(14-19(18)28(26,27)24-12-4-5-13-24)20(25)23-15-21(10-11-21)17-6-2-1-3-7-17/h1-3,6-9,14H,4-5,10-13,15H2,(H,23,25). The van der Waals surface area contributed by atoms with Crippen molar-refractivity contribution in [2.24, 2.45) is 0 Å². The fraction of sp³-hybridized carbons (Fsp3) is 0.381. The molecular formula is C21H23FN2O3S. The zero-order chi connectivity index (χ0) is 19.8. The fourth-order valence-electron chi connectivity index (χ4n) is 3.77. The number of rotatable bonds is 6. The summed E-state index contributed by atoms with van der Waals surface area (Å²) in [7, 11) is -3.92. The first-order valence-corrected chi connectivity index (χ1v) is 11.0. The molecule has 2 aliphatic rings. The molecule has 28 heavy (non-hydrogen) atoms. The Bertz CT molecular complexity index is 982. The van der Waals surface area contributed by atoms with Crippen LogP contribution in [0.15, 0.2) is 53.4 Å². The van der Waals surface area contributed by atoms with Crippen LogP contribution < -0.4 is 5.32 Å². The fourth-order valence-corrected chi connectivity index (χ4v) is 5.38. The van der Waals surface area contributed by atoms with Crippen molar-refractivity contribution in [2.75, 3.05) is 19.6 Å². The van der Waals surface area contributed by atoms with Crippen LogP contribution in [0.1, 0.15) is 41.6 Å². The van der Waals surface area contributed by atoms with Gasteiger partial charge in [-0.2, -0.15) is 4.31 Å². The molecule has 2 aromatic carbocycles. The molecule has 2 aromatic rings. The van der Waals surface area contributed by atoms with Gasteiger partial charge in [0.15, 0.2) is 0 Å². The first-order chi connectivity index (χ1) is 13.4. The number of nitrogens with zero attached hydrogens (tertiary/aromatic N) is 1. The maximum atomic E-state index is 14.3. The predicted octanol–water partition coefficient (Wildman–Crippen LogP) is 3.07. The van der Waals surface area contributed by atoms with Crippen LogP contribution in [0.25, 0.3) is 0 Å². The Morgan fingerprint density at radius 2 is 1.75 bits per heavy atom. The lowest BCUT2D eigenvalue weighted by Gasteiger charge is -2.18. The number of sulfonamides is 1. The van der Waals surface area contributed by atoms with Crippen molar-refractivity contribution in [3.05, 3.63) is 65.5 Å². The number of carbonyl (C=O) groups excluding carboxylic acids is 1. The van der Waals surface area contributed by atoms with E-state index in [4.69, 9.17) is 0 Å². The maximum Gasteiger partial charge on any atom is 0.251 e. The first-order valence-electron chi connectivity index (χ1n) is 9.56. The summed E-state index contributed by atoms with van der Waals surface area (Å²) in [5.74, 6) is -1.22. The van der Waals surface area contributed by atoms with Gasteiger partial charge in [-0.3, -0.25) is 4.79 Å². The van der Waals surface area contributed by atoms with Crippen LogP contribution in [0, 0.1) is 5.82 Å². The lowest BCUT2D eigenvalue weighted by atomic mass is 9.96. The predicted molar refractivity (Wildman–Crippen MR) is 104 cm³/mol. The molecule has 0 atom stereocenters. The highest BCUT2D eigenvalue weighted by atomic mass is 32.2. The Hall–Kier alpha value is -2.25. The van der Waals surface area contributed by atoms with E-state index in [0.717, 1.165) is 37.8 Å². The Balaban J connectivity index is 1.51. The summed E-state index contributed by atoms with van der Waals surface area (Å²) in [5, 5.41) is 2.90. The second-order valence-corrected chi connectivity index (χ2v) is 9.49. The molecule has 0 aromatic heterocycles. The van der Waals surface area contributed by atoms with Crippen molar-refractivity contribution in [2.45, 2.75) is 36.0 Å². The van der Waals surface area contributed by atoms with E-state index in [2.05, 4.69) is 17.4 Å². The topological polar surface area (TPSA) is 66.5 Å². The third-order valence-electron chi connectivity index (χ3n) is 5.70. The number of amides is 1. The highest BCUT2D eigenvalue weighted by Crippen LogP contribution is 2.47. The smallest absolute Gasteiger partial charge is 0.251 e. The summed E-state index contributed by atoms with van der Waals surface area (Å²) in [5.41, 5.74) is 1.29. The molecule has 1 N–H and O–H groups in total. The molecule has 0 unspecified atom stereocenters. The van der Waals surface area contributed by atoms with Crippen LogP contribution in [0.5, 0.6) is 0 Å². The van der Waals surface area contributed by atoms with Crippen molar-refractivity contribution in [1.82, 2.24) is 9.62 Å². The quantitative estimate of drug-likeness (QED) is 0.808. The van der Waals surface area contributed by atoms with Gasteiger partial charge in [0, 0.05) is 30.6 Å². The van der Waals surface area contributed by atoms with Gasteiger partial charge >= 0.3 is 0 Å². The molecule has 7 heteroatoms. The van der Waals surface area contributed by atoms with E-state index in [1.54, 1.807) is 0 Å². The van der Waals surface area contributed by atoms with E-state index in [1.807, 2.05) is 18.2 Å². The number of halogens is 1. The van der Waals surface area contributed by atoms with Gasteiger partial charge in [-0.15, -0.1) is 0 Å². The first kappa shape index (κ1) is 19.1. The zero-order valence-corrected chi connectivity index (χ0v) is 16.3. The summed E-state index contributed by atoms with van der Waals surface area (Å²) in [6, 6.07) is 13.6. The minimum Gasteiger partial charge on any atom is -0.351 e. The molecule has 0 radical (unpaired) electrons. The van der Waals surface area contributed by atoms with Gasteiger partial charge in [0.1, 0.15) is 10.7 Å². The Labute approximate surface area is 164 Å². The van der Waals surface area contributed by atoms with Crippen LogP contribution in [0.3, 0.4) is 0 Å². The molecule has 4 rings (SSSR count). The number of nitrogens with one attached hydrogen (secondary N) is 1. The van der Waals surface area contributed by atoms with Gasteiger partial charge in [-0.25, -0.2) is 12.8 Å². The third kappa shape index (κ3) is 3.56. The number of benzene rings is 2. The van der Waals surface area contributed by atoms with Crippen molar-refractivity contribution in [3.8, 4) is 0 Å². The van der Waals surface area contributed by atoms with E-state index >= 15 is 0 Å². The van der Waals surface area contributed by atoms with Gasteiger partial charge in [-0.1, -0.05) is 30.3 Å². The molecule has 1 heterocycles. The Morgan fingerprint density at radius 1 is 1.07 bits per heavy atom. The largest absolute Gasteiger partial charge is 0.351 e. The van der Waals surface area contributed by atoms with E-state index in [9.17, 15) is 17.6 Å².